The lowest BCUT2D eigenvalue weighted by Crippen LogP contribution is -2.61. The number of benzene rings is 6. The van der Waals surface area contributed by atoms with E-state index in [1.165, 1.54) is 103 Å². The highest BCUT2D eigenvalue weighted by Crippen LogP contribution is 2.48. The summed E-state index contributed by atoms with van der Waals surface area (Å²) in [7, 11) is -6.71. The SMILES string of the molecule is COc1ccc(C)cc1S(=O)(=O)N1CCC2(CC1)CN(c1nc(Cc3ccc(F)cc3)ns1)C2.COc1ccc(S(=O)(=O)N2CCC3(CC2)CN(c2nc(Cc4ccc(F)cc4)ns2)C3)cc1OC.O=S(=O)(c1ccc(F)cc1F)N1CCC2(CC1)CN(c1nc(Cc3ccc(F)cc3)ns1)C2. The lowest BCUT2D eigenvalue weighted by atomic mass is 9.73. The molecule has 3 aromatic heterocycles. The van der Waals surface area contributed by atoms with Crippen LogP contribution in [0, 0.1) is 52.3 Å². The predicted octanol–water partition coefficient (Wildman–Crippen LogP) is 11.3. The van der Waals surface area contributed by atoms with Crippen molar-refractivity contribution in [2.24, 2.45) is 16.2 Å². The Morgan fingerprint density at radius 2 is 0.735 bits per heavy atom. The highest BCUT2D eigenvalue weighted by Gasteiger charge is 2.51. The molecule has 102 heavy (non-hydrogen) atoms. The van der Waals surface area contributed by atoms with Crippen LogP contribution in [0.25, 0.3) is 0 Å². The van der Waals surface area contributed by atoms with Crippen molar-refractivity contribution in [1.29, 1.82) is 0 Å². The van der Waals surface area contributed by atoms with Gasteiger partial charge in [-0.1, -0.05) is 42.5 Å². The molecule has 6 fully saturated rings. The second-order valence-electron chi connectivity index (χ2n) is 26.9. The third-order valence-corrected chi connectivity index (χ3v) is 28.1. The second-order valence-corrected chi connectivity index (χ2v) is 34.9. The summed E-state index contributed by atoms with van der Waals surface area (Å²) in [5.74, 6) is 0.760. The van der Waals surface area contributed by atoms with Gasteiger partial charge in [0, 0.05) is 161 Å². The number of rotatable bonds is 18. The topological polar surface area (TPSA) is 227 Å². The van der Waals surface area contributed by atoms with Gasteiger partial charge in [-0.2, -0.15) is 26.0 Å². The summed E-state index contributed by atoms with van der Waals surface area (Å²) in [6, 6.07) is 31.5. The molecule has 6 saturated heterocycles. The van der Waals surface area contributed by atoms with Gasteiger partial charge >= 0.3 is 0 Å². The minimum absolute atomic E-state index is 0.00382. The molecule has 0 amide bonds. The highest BCUT2D eigenvalue weighted by molar-refractivity contribution is 7.89. The van der Waals surface area contributed by atoms with Crippen LogP contribution >= 0.6 is 34.6 Å². The maximum Gasteiger partial charge on any atom is 0.246 e. The van der Waals surface area contributed by atoms with E-state index < -0.39 is 46.6 Å². The van der Waals surface area contributed by atoms with E-state index >= 15 is 0 Å². The maximum absolute atomic E-state index is 14.0. The molecule has 0 radical (unpaired) electrons. The molecule has 540 valence electrons. The van der Waals surface area contributed by atoms with Crippen LogP contribution in [0.1, 0.15) is 78.3 Å². The van der Waals surface area contributed by atoms with Crippen molar-refractivity contribution in [2.75, 3.05) is 115 Å². The van der Waals surface area contributed by atoms with Crippen molar-refractivity contribution in [3.05, 3.63) is 196 Å². The quantitative estimate of drug-likeness (QED) is 0.0728. The number of sulfonamides is 3. The first-order valence-electron chi connectivity index (χ1n) is 33.1. The number of hydrogen-bond acceptors (Lipinski definition) is 21. The molecule has 0 unspecified atom stereocenters. The molecule has 0 atom stereocenters. The maximum atomic E-state index is 14.0. The first kappa shape index (κ1) is 72.5. The predicted molar refractivity (Wildman–Crippen MR) is 379 cm³/mol. The molecule has 0 bridgehead atoms. The molecule has 32 heteroatoms. The van der Waals surface area contributed by atoms with E-state index in [1.54, 1.807) is 69.3 Å². The molecular formula is C70H75F5N12O9S6. The molecule has 9 heterocycles. The molecule has 15 rings (SSSR count). The van der Waals surface area contributed by atoms with Gasteiger partial charge in [0.1, 0.15) is 62.1 Å². The van der Waals surface area contributed by atoms with Gasteiger partial charge in [0.25, 0.3) is 0 Å². The molecule has 9 aromatic rings. The first-order valence-corrected chi connectivity index (χ1v) is 39.8. The molecule has 0 aliphatic carbocycles. The number of aromatic nitrogens is 6. The van der Waals surface area contributed by atoms with E-state index in [2.05, 4.69) is 42.8 Å². The van der Waals surface area contributed by atoms with Gasteiger partial charge < -0.3 is 28.9 Å². The van der Waals surface area contributed by atoms with Crippen LogP contribution in [-0.2, 0) is 49.3 Å². The number of nitrogens with zero attached hydrogens (tertiary/aromatic N) is 12. The van der Waals surface area contributed by atoms with Crippen molar-refractivity contribution in [1.82, 2.24) is 41.0 Å². The fourth-order valence-electron chi connectivity index (χ4n) is 14.0. The van der Waals surface area contributed by atoms with Gasteiger partial charge in [0.2, 0.25) is 45.5 Å². The van der Waals surface area contributed by atoms with Gasteiger partial charge in [-0.3, -0.25) is 0 Å². The van der Waals surface area contributed by atoms with E-state index in [4.69, 9.17) is 14.2 Å². The Morgan fingerprint density at radius 3 is 1.10 bits per heavy atom. The van der Waals surface area contributed by atoms with E-state index in [0.717, 1.165) is 126 Å². The normalized spacial score (nSPS) is 18.1. The molecule has 6 aromatic carbocycles. The summed E-state index contributed by atoms with van der Waals surface area (Å²) in [5.41, 5.74) is 3.99. The van der Waals surface area contributed by atoms with Gasteiger partial charge in [0.05, 0.1) is 26.2 Å². The molecule has 0 N–H and O–H groups in total. The van der Waals surface area contributed by atoms with Crippen LogP contribution < -0.4 is 28.9 Å². The minimum Gasteiger partial charge on any atom is -0.495 e. The Kier molecular flexibility index (Phi) is 21.1. The Morgan fingerprint density at radius 1 is 0.392 bits per heavy atom. The number of hydrogen-bond donors (Lipinski definition) is 0. The third-order valence-electron chi connectivity index (χ3n) is 20.0. The zero-order valence-corrected chi connectivity index (χ0v) is 61.3. The number of methoxy groups -OCH3 is 3. The fourth-order valence-corrected chi connectivity index (χ4v) is 20.7. The minimum atomic E-state index is -4.00. The van der Waals surface area contributed by atoms with Gasteiger partial charge in [-0.05, 0) is 140 Å². The van der Waals surface area contributed by atoms with Crippen molar-refractivity contribution in [3.63, 3.8) is 0 Å². The molecule has 6 aliphatic rings. The number of aryl methyl sites for hydroxylation is 1. The summed E-state index contributed by atoms with van der Waals surface area (Å²) in [5, 5.41) is 2.59. The number of anilines is 3. The molecule has 0 saturated carbocycles. The zero-order valence-electron chi connectivity index (χ0n) is 56.4. The van der Waals surface area contributed by atoms with Crippen molar-refractivity contribution in [3.8, 4) is 17.2 Å². The van der Waals surface area contributed by atoms with Crippen LogP contribution in [0.5, 0.6) is 17.2 Å². The molecule has 3 spiro atoms. The second kappa shape index (κ2) is 29.7. The van der Waals surface area contributed by atoms with Crippen LogP contribution in [0.4, 0.5) is 37.3 Å². The third kappa shape index (κ3) is 15.8. The van der Waals surface area contributed by atoms with Gasteiger partial charge in [-0.15, -0.1) is 0 Å². The average molecular weight is 1520 g/mol. The Bertz CT molecular complexity index is 4800. The van der Waals surface area contributed by atoms with Gasteiger partial charge in [-0.25, -0.2) is 62.2 Å². The van der Waals surface area contributed by atoms with E-state index in [1.807, 2.05) is 13.0 Å². The number of ether oxygens (including phenoxy) is 3. The Balaban J connectivity index is 0.000000137. The van der Waals surface area contributed by atoms with Crippen molar-refractivity contribution < 1.29 is 61.4 Å². The smallest absolute Gasteiger partial charge is 0.246 e. The largest absolute Gasteiger partial charge is 0.495 e. The monoisotopic (exact) mass is 1510 g/mol. The summed E-state index contributed by atoms with van der Waals surface area (Å²) in [6.45, 7) is 9.37. The van der Waals surface area contributed by atoms with Crippen molar-refractivity contribution >= 4 is 80.1 Å². The van der Waals surface area contributed by atoms with Gasteiger partial charge in [0.15, 0.2) is 11.5 Å². The zero-order chi connectivity index (χ0) is 71.8. The number of halogens is 5. The molecule has 6 aliphatic heterocycles. The molecular weight excluding hydrogens is 1440 g/mol. The summed E-state index contributed by atoms with van der Waals surface area (Å²) < 4.78 is 179. The van der Waals surface area contributed by atoms with Crippen LogP contribution in [-0.4, -0.2) is 166 Å². The molecule has 21 nitrogen and oxygen atoms in total. The van der Waals surface area contributed by atoms with Crippen LogP contribution in [0.15, 0.2) is 142 Å². The van der Waals surface area contributed by atoms with E-state index in [0.29, 0.717) is 101 Å². The summed E-state index contributed by atoms with van der Waals surface area (Å²) in [4.78, 5) is 20.5. The van der Waals surface area contributed by atoms with Crippen LogP contribution in [0.2, 0.25) is 0 Å². The lowest BCUT2D eigenvalue weighted by molar-refractivity contribution is 0.114. The summed E-state index contributed by atoms with van der Waals surface area (Å²) >= 11 is 4.08. The Hall–Kier alpha value is -7.82. The highest BCUT2D eigenvalue weighted by atomic mass is 32.2. The first-order chi connectivity index (χ1) is 48.8. The standard InChI is InChI=1S/C24H27FN4O4S2.C24H27FN4O3S2.C22H21F3N4O2S2/c1-32-20-8-7-19(14-21(20)33-2)35(30,31)29-11-9-24(10-12-29)15-28(16-24)23-26-22(27-34-23)13-17-3-5-18(25)6-4-17;1-17-3-8-20(32-2)21(13-17)34(30,31)29-11-9-24(10-12-29)15-28(16-24)23-26-22(27-33-23)14-18-4-6-19(25)7-5-18;23-16-3-1-15(2-4-16)11-20-26-21(32-27-20)28-13-22(14-28)7-9-29(10-8-22)33(30,31)19-6-5-17(24)12-18(19)25/h3-8,14H,9-13,15-16H2,1-2H3;3-8,13H,9-12,14-16H2,1-2H3;1-6,12H,7-11,13-14H2. The van der Waals surface area contributed by atoms with Crippen LogP contribution in [0.3, 0.4) is 0 Å². The van der Waals surface area contributed by atoms with E-state index in [9.17, 15) is 47.2 Å². The Labute approximate surface area is 602 Å². The summed E-state index contributed by atoms with van der Waals surface area (Å²) in [6.07, 6.45) is 6.23. The van der Waals surface area contributed by atoms with Crippen molar-refractivity contribution in [2.45, 2.75) is 79.4 Å². The van der Waals surface area contributed by atoms with E-state index in [-0.39, 0.29) is 43.5 Å². The fraction of sp³-hybridized carbons (Fsp3) is 0.400. The lowest BCUT2D eigenvalue weighted by Gasteiger charge is -2.53. The number of piperidine rings is 3. The average Bonchev–Trinajstić information content (AvgIpc) is 1.15.